The van der Waals surface area contributed by atoms with Gasteiger partial charge in [0.15, 0.2) is 0 Å². The van der Waals surface area contributed by atoms with E-state index in [0.29, 0.717) is 37.1 Å². The van der Waals surface area contributed by atoms with E-state index in [9.17, 15) is 13.2 Å². The molecule has 156 valence electrons. The number of fused-ring (bicyclic) bond motifs is 1. The van der Waals surface area contributed by atoms with Crippen LogP contribution >= 0.6 is 0 Å². The normalized spacial score (nSPS) is 20.0. The second kappa shape index (κ2) is 7.70. The molecular formula is C20H24F3N5O. The van der Waals surface area contributed by atoms with Crippen molar-refractivity contribution in [1.29, 1.82) is 0 Å². The van der Waals surface area contributed by atoms with Crippen molar-refractivity contribution in [2.24, 2.45) is 0 Å². The lowest BCUT2D eigenvalue weighted by Gasteiger charge is -2.32. The van der Waals surface area contributed by atoms with E-state index in [1.165, 1.54) is 12.1 Å². The van der Waals surface area contributed by atoms with Gasteiger partial charge in [0.1, 0.15) is 12.4 Å². The molecule has 0 spiro atoms. The van der Waals surface area contributed by atoms with Crippen LogP contribution in [0, 0.1) is 0 Å². The molecule has 4 rings (SSSR count). The Balaban J connectivity index is 1.55. The molecule has 0 saturated carbocycles. The number of benzene rings is 1. The molecule has 2 aliphatic heterocycles. The molecular weight excluding hydrogens is 383 g/mol. The minimum atomic E-state index is -4.41. The quantitative estimate of drug-likeness (QED) is 0.840. The van der Waals surface area contributed by atoms with Crippen LogP contribution in [-0.4, -0.2) is 47.7 Å². The molecule has 9 heteroatoms. The van der Waals surface area contributed by atoms with E-state index in [2.05, 4.69) is 21.9 Å². The summed E-state index contributed by atoms with van der Waals surface area (Å²) in [6.07, 6.45) is -1.74. The van der Waals surface area contributed by atoms with Gasteiger partial charge in [0, 0.05) is 23.8 Å². The number of likely N-dealkylation sites (N-methyl/N-ethyl adjacent to an activating group) is 1. The first-order valence-corrected chi connectivity index (χ1v) is 9.72. The summed E-state index contributed by atoms with van der Waals surface area (Å²) in [5.41, 5.74) is 7.01. The standard InChI is InChI=1S/C20H24F3N5O/c1-27-9-4-5-13(27)12-29-19-25-16-11-28(10-8-14(16)18(24)26-19)17-7-3-2-6-15(17)20(21,22)23/h2-3,6-7,13H,4-5,8-12H2,1H3,(H2,24,25,26)/t13-/m0/s1. The number of nitrogens with zero attached hydrogens (tertiary/aromatic N) is 4. The monoisotopic (exact) mass is 407 g/mol. The van der Waals surface area contributed by atoms with Gasteiger partial charge >= 0.3 is 12.2 Å². The third kappa shape index (κ3) is 4.10. The summed E-state index contributed by atoms with van der Waals surface area (Å²) < 4.78 is 46.0. The number of alkyl halides is 3. The summed E-state index contributed by atoms with van der Waals surface area (Å²) in [5, 5.41) is 0. The number of para-hydroxylation sites is 1. The summed E-state index contributed by atoms with van der Waals surface area (Å²) in [6, 6.07) is 6.10. The Morgan fingerprint density at radius 2 is 2.00 bits per heavy atom. The summed E-state index contributed by atoms with van der Waals surface area (Å²) in [7, 11) is 2.05. The average molecular weight is 407 g/mol. The Bertz CT molecular complexity index is 889. The van der Waals surface area contributed by atoms with Crippen LogP contribution in [-0.2, 0) is 19.1 Å². The number of rotatable bonds is 4. The third-order valence-electron chi connectivity index (χ3n) is 5.70. The second-order valence-corrected chi connectivity index (χ2v) is 7.59. The van der Waals surface area contributed by atoms with Crippen LogP contribution in [0.25, 0.3) is 0 Å². The zero-order valence-corrected chi connectivity index (χ0v) is 16.2. The Kier molecular flexibility index (Phi) is 5.24. The number of ether oxygens (including phenoxy) is 1. The molecule has 0 bridgehead atoms. The number of aromatic nitrogens is 2. The van der Waals surface area contributed by atoms with Crippen LogP contribution < -0.4 is 15.4 Å². The molecule has 1 fully saturated rings. The van der Waals surface area contributed by atoms with Crippen molar-refractivity contribution in [3.05, 3.63) is 41.1 Å². The molecule has 2 aromatic rings. The molecule has 0 unspecified atom stereocenters. The van der Waals surface area contributed by atoms with E-state index in [4.69, 9.17) is 10.5 Å². The Morgan fingerprint density at radius 3 is 2.72 bits per heavy atom. The molecule has 2 aliphatic rings. The zero-order chi connectivity index (χ0) is 20.6. The minimum Gasteiger partial charge on any atom is -0.462 e. The molecule has 0 amide bonds. The van der Waals surface area contributed by atoms with Gasteiger partial charge in [-0.15, -0.1) is 0 Å². The molecule has 6 nitrogen and oxygen atoms in total. The second-order valence-electron chi connectivity index (χ2n) is 7.59. The predicted octanol–water partition coefficient (Wildman–Crippen LogP) is 3.11. The van der Waals surface area contributed by atoms with Crippen molar-refractivity contribution in [3.8, 4) is 6.01 Å². The molecule has 29 heavy (non-hydrogen) atoms. The SMILES string of the molecule is CN1CCC[C@H]1COc1nc(N)c2c(n1)CN(c1ccccc1C(F)(F)F)CC2. The molecule has 1 saturated heterocycles. The van der Waals surface area contributed by atoms with E-state index in [1.807, 2.05) is 0 Å². The highest BCUT2D eigenvalue weighted by Crippen LogP contribution is 2.38. The van der Waals surface area contributed by atoms with E-state index >= 15 is 0 Å². The smallest absolute Gasteiger partial charge is 0.418 e. The summed E-state index contributed by atoms with van der Waals surface area (Å²) in [5.74, 6) is 0.341. The van der Waals surface area contributed by atoms with Crippen molar-refractivity contribution < 1.29 is 17.9 Å². The van der Waals surface area contributed by atoms with E-state index < -0.39 is 11.7 Å². The van der Waals surface area contributed by atoms with E-state index in [0.717, 1.165) is 31.0 Å². The average Bonchev–Trinajstić information content (AvgIpc) is 3.10. The van der Waals surface area contributed by atoms with Gasteiger partial charge in [0.25, 0.3) is 0 Å². The number of hydrogen-bond acceptors (Lipinski definition) is 6. The van der Waals surface area contributed by atoms with Crippen LogP contribution in [0.1, 0.15) is 29.7 Å². The fourth-order valence-electron chi connectivity index (χ4n) is 4.06. The maximum absolute atomic E-state index is 13.4. The van der Waals surface area contributed by atoms with E-state index in [1.54, 1.807) is 11.0 Å². The van der Waals surface area contributed by atoms with E-state index in [-0.39, 0.29) is 18.2 Å². The zero-order valence-electron chi connectivity index (χ0n) is 16.2. The largest absolute Gasteiger partial charge is 0.462 e. The van der Waals surface area contributed by atoms with Crippen LogP contribution in [0.5, 0.6) is 6.01 Å². The molecule has 3 heterocycles. The first-order valence-electron chi connectivity index (χ1n) is 9.72. The molecule has 1 aromatic carbocycles. The molecule has 1 atom stereocenters. The number of halogens is 3. The number of anilines is 2. The first-order chi connectivity index (χ1) is 13.8. The lowest BCUT2D eigenvalue weighted by atomic mass is 10.0. The van der Waals surface area contributed by atoms with Crippen LogP contribution in [0.2, 0.25) is 0 Å². The van der Waals surface area contributed by atoms with Crippen molar-refractivity contribution in [2.45, 2.75) is 38.0 Å². The molecule has 0 aliphatic carbocycles. The third-order valence-corrected chi connectivity index (χ3v) is 5.70. The van der Waals surface area contributed by atoms with Gasteiger partial charge < -0.3 is 20.3 Å². The van der Waals surface area contributed by atoms with Gasteiger partial charge in [-0.3, -0.25) is 0 Å². The number of nitrogen functional groups attached to an aromatic ring is 1. The van der Waals surface area contributed by atoms with Crippen molar-refractivity contribution in [3.63, 3.8) is 0 Å². The first kappa shape index (κ1) is 19.8. The van der Waals surface area contributed by atoms with Crippen molar-refractivity contribution >= 4 is 11.5 Å². The fraction of sp³-hybridized carbons (Fsp3) is 0.500. The predicted molar refractivity (Wildman–Crippen MR) is 104 cm³/mol. The lowest BCUT2D eigenvalue weighted by Crippen LogP contribution is -2.34. The Morgan fingerprint density at radius 1 is 1.21 bits per heavy atom. The topological polar surface area (TPSA) is 67.5 Å². The summed E-state index contributed by atoms with van der Waals surface area (Å²) in [6.45, 7) is 2.15. The summed E-state index contributed by atoms with van der Waals surface area (Å²) >= 11 is 0. The summed E-state index contributed by atoms with van der Waals surface area (Å²) in [4.78, 5) is 12.6. The molecule has 1 aromatic heterocycles. The van der Waals surface area contributed by atoms with Crippen LogP contribution in [0.15, 0.2) is 24.3 Å². The number of likely N-dealkylation sites (tertiary alicyclic amines) is 1. The highest BCUT2D eigenvalue weighted by molar-refractivity contribution is 5.58. The van der Waals surface area contributed by atoms with Crippen LogP contribution in [0.3, 0.4) is 0 Å². The number of nitrogens with two attached hydrogens (primary N) is 1. The van der Waals surface area contributed by atoms with Gasteiger partial charge in [-0.2, -0.15) is 23.1 Å². The molecule has 2 N–H and O–H groups in total. The highest BCUT2D eigenvalue weighted by atomic mass is 19.4. The molecule has 0 radical (unpaired) electrons. The van der Waals surface area contributed by atoms with Crippen molar-refractivity contribution in [1.82, 2.24) is 14.9 Å². The van der Waals surface area contributed by atoms with Gasteiger partial charge in [-0.1, -0.05) is 12.1 Å². The lowest BCUT2D eigenvalue weighted by molar-refractivity contribution is -0.137. The van der Waals surface area contributed by atoms with Crippen molar-refractivity contribution in [2.75, 3.05) is 37.4 Å². The van der Waals surface area contributed by atoms with Gasteiger partial charge in [-0.25, -0.2) is 0 Å². The fourth-order valence-corrected chi connectivity index (χ4v) is 4.06. The minimum absolute atomic E-state index is 0.151. The Labute approximate surface area is 167 Å². The van der Waals surface area contributed by atoms with Crippen LogP contribution in [0.4, 0.5) is 24.7 Å². The maximum Gasteiger partial charge on any atom is 0.418 e. The highest BCUT2D eigenvalue weighted by Gasteiger charge is 2.35. The van der Waals surface area contributed by atoms with Gasteiger partial charge in [-0.05, 0) is 45.0 Å². The maximum atomic E-state index is 13.4. The van der Waals surface area contributed by atoms with Gasteiger partial charge in [0.05, 0.1) is 17.8 Å². The Hall–Kier alpha value is -2.55. The van der Waals surface area contributed by atoms with Gasteiger partial charge in [0.2, 0.25) is 0 Å². The number of hydrogen-bond donors (Lipinski definition) is 1.